The highest BCUT2D eigenvalue weighted by molar-refractivity contribution is 6.07. The summed E-state index contributed by atoms with van der Waals surface area (Å²) in [6.45, 7) is 0. The van der Waals surface area contributed by atoms with E-state index in [4.69, 9.17) is 4.42 Å². The second kappa shape index (κ2) is 6.81. The van der Waals surface area contributed by atoms with Crippen LogP contribution < -0.4 is 0 Å². The van der Waals surface area contributed by atoms with Crippen molar-refractivity contribution in [2.75, 3.05) is 0 Å². The van der Waals surface area contributed by atoms with E-state index in [0.29, 0.717) is 11.1 Å². The van der Waals surface area contributed by atoms with Gasteiger partial charge in [0.1, 0.15) is 17.0 Å². The van der Waals surface area contributed by atoms with Crippen LogP contribution >= 0.6 is 0 Å². The third kappa shape index (κ3) is 2.73. The van der Waals surface area contributed by atoms with Gasteiger partial charge in [-0.05, 0) is 66.6 Å². The molecule has 1 aliphatic rings. The van der Waals surface area contributed by atoms with Gasteiger partial charge >= 0.3 is 0 Å². The van der Waals surface area contributed by atoms with Crippen LogP contribution in [0.4, 0.5) is 4.39 Å². The van der Waals surface area contributed by atoms with Gasteiger partial charge in [-0.1, -0.05) is 36.4 Å². The van der Waals surface area contributed by atoms with E-state index in [2.05, 4.69) is 23.2 Å². The topological polar surface area (TPSA) is 26.0 Å². The van der Waals surface area contributed by atoms with Gasteiger partial charge in [0.15, 0.2) is 0 Å². The van der Waals surface area contributed by atoms with E-state index in [1.165, 1.54) is 30.0 Å². The molecule has 146 valence electrons. The molecular weight excluding hydrogens is 373 g/mol. The van der Waals surface area contributed by atoms with Crippen LogP contribution in [-0.4, -0.2) is 4.98 Å². The lowest BCUT2D eigenvalue weighted by Crippen LogP contribution is -2.05. The molecule has 2 heterocycles. The Kier molecular flexibility index (Phi) is 3.95. The number of halogens is 1. The van der Waals surface area contributed by atoms with Gasteiger partial charge in [-0.25, -0.2) is 4.39 Å². The van der Waals surface area contributed by atoms with Crippen molar-refractivity contribution in [1.29, 1.82) is 0 Å². The molecular formula is C27H20FNO. The van der Waals surface area contributed by atoms with Crippen molar-refractivity contribution in [2.24, 2.45) is 0 Å². The smallest absolute Gasteiger partial charge is 0.138 e. The first-order valence-corrected chi connectivity index (χ1v) is 10.5. The third-order valence-electron chi connectivity index (χ3n) is 6.19. The van der Waals surface area contributed by atoms with Gasteiger partial charge < -0.3 is 4.42 Å². The van der Waals surface area contributed by atoms with Crippen LogP contribution in [0.25, 0.3) is 44.3 Å². The number of rotatable bonds is 2. The van der Waals surface area contributed by atoms with E-state index in [1.807, 2.05) is 48.7 Å². The summed E-state index contributed by atoms with van der Waals surface area (Å²) in [4.78, 5) is 4.69. The fraction of sp³-hybridized carbons (Fsp3) is 0.148. The molecule has 0 saturated carbocycles. The largest absolute Gasteiger partial charge is 0.456 e. The Morgan fingerprint density at radius 1 is 0.767 bits per heavy atom. The molecule has 0 aliphatic heterocycles. The maximum absolute atomic E-state index is 14.8. The molecule has 3 aromatic carbocycles. The van der Waals surface area contributed by atoms with Gasteiger partial charge in [-0.15, -0.1) is 0 Å². The average molecular weight is 393 g/mol. The number of pyridine rings is 1. The lowest BCUT2D eigenvalue weighted by molar-refractivity contribution is 0.621. The van der Waals surface area contributed by atoms with Crippen LogP contribution in [0.15, 0.2) is 77.3 Å². The molecule has 0 amide bonds. The third-order valence-corrected chi connectivity index (χ3v) is 6.19. The highest BCUT2D eigenvalue weighted by Gasteiger charge is 2.17. The Morgan fingerprint density at radius 3 is 2.50 bits per heavy atom. The molecule has 0 atom stereocenters. The first-order chi connectivity index (χ1) is 14.8. The van der Waals surface area contributed by atoms with Gasteiger partial charge in [-0.2, -0.15) is 0 Å². The van der Waals surface area contributed by atoms with Gasteiger partial charge in [0, 0.05) is 34.2 Å². The molecule has 3 heteroatoms. The van der Waals surface area contributed by atoms with Crippen LogP contribution in [-0.2, 0) is 12.8 Å². The van der Waals surface area contributed by atoms with E-state index >= 15 is 0 Å². The average Bonchev–Trinajstić information content (AvgIpc) is 3.15. The van der Waals surface area contributed by atoms with Crippen molar-refractivity contribution in [1.82, 2.24) is 4.98 Å². The van der Waals surface area contributed by atoms with Gasteiger partial charge in [0.2, 0.25) is 0 Å². The minimum atomic E-state index is -0.272. The number of benzene rings is 3. The van der Waals surface area contributed by atoms with Crippen LogP contribution in [0.5, 0.6) is 0 Å². The van der Waals surface area contributed by atoms with E-state index < -0.39 is 0 Å². The monoisotopic (exact) mass is 393 g/mol. The molecule has 2 aromatic heterocycles. The zero-order valence-corrected chi connectivity index (χ0v) is 16.5. The molecule has 30 heavy (non-hydrogen) atoms. The van der Waals surface area contributed by atoms with Gasteiger partial charge in [0.05, 0.1) is 5.69 Å². The first-order valence-electron chi connectivity index (χ1n) is 10.5. The summed E-state index contributed by atoms with van der Waals surface area (Å²) in [6, 6.07) is 21.4. The zero-order chi connectivity index (χ0) is 20.1. The molecule has 6 rings (SSSR count). The second-order valence-electron chi connectivity index (χ2n) is 8.01. The molecule has 2 nitrogen and oxygen atoms in total. The molecule has 0 saturated heterocycles. The van der Waals surface area contributed by atoms with Crippen LogP contribution in [0.2, 0.25) is 0 Å². The number of furan rings is 1. The number of nitrogens with zero attached hydrogens (tertiary/aromatic N) is 1. The van der Waals surface area contributed by atoms with Gasteiger partial charge in [-0.3, -0.25) is 4.98 Å². The number of fused-ring (bicyclic) bond motifs is 4. The number of hydrogen-bond donors (Lipinski definition) is 0. The molecule has 1 aliphatic carbocycles. The predicted molar refractivity (Wildman–Crippen MR) is 119 cm³/mol. The lowest BCUT2D eigenvalue weighted by Gasteiger charge is -2.18. The molecule has 0 radical (unpaired) electrons. The Morgan fingerprint density at radius 2 is 1.60 bits per heavy atom. The summed E-state index contributed by atoms with van der Waals surface area (Å²) >= 11 is 0. The summed E-state index contributed by atoms with van der Waals surface area (Å²) in [5.41, 5.74) is 7.67. The number of hydrogen-bond acceptors (Lipinski definition) is 2. The van der Waals surface area contributed by atoms with E-state index in [0.717, 1.165) is 46.0 Å². The fourth-order valence-electron chi connectivity index (χ4n) is 4.70. The van der Waals surface area contributed by atoms with E-state index in [1.54, 1.807) is 0 Å². The maximum Gasteiger partial charge on any atom is 0.138 e. The fourth-order valence-corrected chi connectivity index (χ4v) is 4.70. The van der Waals surface area contributed by atoms with Crippen LogP contribution in [0, 0.1) is 5.82 Å². The molecule has 0 N–H and O–H groups in total. The Bertz CT molecular complexity index is 1400. The van der Waals surface area contributed by atoms with Crippen molar-refractivity contribution in [3.63, 3.8) is 0 Å². The van der Waals surface area contributed by atoms with E-state index in [9.17, 15) is 4.39 Å². The minimum Gasteiger partial charge on any atom is -0.456 e. The van der Waals surface area contributed by atoms with Gasteiger partial charge in [0.25, 0.3) is 0 Å². The summed E-state index contributed by atoms with van der Waals surface area (Å²) in [5.74, 6) is -0.272. The standard InChI is InChI=1S/C27H20FNO/c28-24-16-26-23(15-22(24)17-6-2-1-3-7-17)21-11-10-19(14-25(21)30-26)27-20-9-5-4-8-18(20)12-13-29-27/h1-3,6-7,10-16H,4-5,8-9H2. The summed E-state index contributed by atoms with van der Waals surface area (Å²) in [5, 5.41) is 1.93. The first kappa shape index (κ1) is 17.4. The van der Waals surface area contributed by atoms with Crippen molar-refractivity contribution in [3.8, 4) is 22.4 Å². The van der Waals surface area contributed by atoms with Crippen LogP contribution in [0.1, 0.15) is 24.0 Å². The molecule has 0 fully saturated rings. The normalized spacial score (nSPS) is 13.6. The Labute approximate surface area is 174 Å². The highest BCUT2D eigenvalue weighted by atomic mass is 19.1. The predicted octanol–water partition coefficient (Wildman–Crippen LogP) is 7.33. The lowest BCUT2D eigenvalue weighted by atomic mass is 9.89. The zero-order valence-electron chi connectivity index (χ0n) is 16.5. The van der Waals surface area contributed by atoms with Crippen molar-refractivity contribution >= 4 is 21.9 Å². The highest BCUT2D eigenvalue weighted by Crippen LogP contribution is 2.37. The maximum atomic E-state index is 14.8. The molecule has 0 spiro atoms. The molecule has 0 bridgehead atoms. The molecule has 5 aromatic rings. The van der Waals surface area contributed by atoms with E-state index in [-0.39, 0.29) is 5.82 Å². The number of aryl methyl sites for hydroxylation is 1. The minimum absolute atomic E-state index is 0.272. The van der Waals surface area contributed by atoms with Crippen LogP contribution in [0.3, 0.4) is 0 Å². The SMILES string of the molecule is Fc1cc2oc3cc(-c4nccc5c4CCCC5)ccc3c2cc1-c1ccccc1. The number of aromatic nitrogens is 1. The van der Waals surface area contributed by atoms with Crippen molar-refractivity contribution < 1.29 is 8.81 Å². The second-order valence-corrected chi connectivity index (χ2v) is 8.01. The quantitative estimate of drug-likeness (QED) is 0.314. The van der Waals surface area contributed by atoms with Crippen molar-refractivity contribution in [3.05, 3.63) is 89.9 Å². The summed E-state index contributed by atoms with van der Waals surface area (Å²) in [6.07, 6.45) is 6.56. The molecule has 0 unspecified atom stereocenters. The Balaban J connectivity index is 1.52. The summed E-state index contributed by atoms with van der Waals surface area (Å²) < 4.78 is 20.9. The summed E-state index contributed by atoms with van der Waals surface area (Å²) in [7, 11) is 0. The Hall–Kier alpha value is -3.46. The van der Waals surface area contributed by atoms with Crippen molar-refractivity contribution in [2.45, 2.75) is 25.7 Å².